The van der Waals surface area contributed by atoms with E-state index in [4.69, 9.17) is 5.11 Å². The van der Waals surface area contributed by atoms with Gasteiger partial charge in [0.05, 0.1) is 17.1 Å². The predicted octanol–water partition coefficient (Wildman–Crippen LogP) is 1.83. The Bertz CT molecular complexity index is 600. The minimum Gasteiger partial charge on any atom is -0.392 e. The molecule has 0 saturated carbocycles. The van der Waals surface area contributed by atoms with Crippen molar-refractivity contribution in [2.24, 2.45) is 0 Å². The van der Waals surface area contributed by atoms with Crippen molar-refractivity contribution >= 4 is 15.4 Å². The fourth-order valence-electron chi connectivity index (χ4n) is 1.76. The van der Waals surface area contributed by atoms with Gasteiger partial charge >= 0.3 is 6.18 Å². The summed E-state index contributed by atoms with van der Waals surface area (Å²) in [6.45, 7) is -0.751. The summed E-state index contributed by atoms with van der Waals surface area (Å²) in [7, 11) is -3.87. The number of fused-ring (bicyclic) bond motifs is 1. The Hall–Kier alpha value is -1.34. The summed E-state index contributed by atoms with van der Waals surface area (Å²) in [5.41, 5.74) is -1.72. The highest BCUT2D eigenvalue weighted by molar-refractivity contribution is 7.95. The molecule has 92 valence electrons. The number of aliphatic hydroxyl groups is 1. The molecule has 0 atom stereocenters. The van der Waals surface area contributed by atoms with Crippen molar-refractivity contribution in [2.75, 3.05) is 6.61 Å². The lowest BCUT2D eigenvalue weighted by molar-refractivity contribution is -0.137. The van der Waals surface area contributed by atoms with Crippen LogP contribution in [0.15, 0.2) is 28.5 Å². The molecule has 17 heavy (non-hydrogen) atoms. The quantitative estimate of drug-likeness (QED) is 0.841. The Morgan fingerprint density at radius 3 is 2.41 bits per heavy atom. The molecule has 0 radical (unpaired) electrons. The van der Waals surface area contributed by atoms with Crippen LogP contribution in [-0.4, -0.2) is 20.1 Å². The Balaban J connectivity index is 2.81. The summed E-state index contributed by atoms with van der Waals surface area (Å²) < 4.78 is 61.2. The van der Waals surface area contributed by atoms with Crippen LogP contribution in [0.1, 0.15) is 11.1 Å². The van der Waals surface area contributed by atoms with Gasteiger partial charge in [0.2, 0.25) is 9.84 Å². The molecule has 1 heterocycles. The fourth-order valence-corrected chi connectivity index (χ4v) is 3.25. The molecule has 1 N–H and O–H groups in total. The Morgan fingerprint density at radius 1 is 1.24 bits per heavy atom. The molecular formula is C10H7F3O3S. The highest BCUT2D eigenvalue weighted by Gasteiger charge is 2.39. The van der Waals surface area contributed by atoms with E-state index in [1.54, 1.807) is 0 Å². The standard InChI is InChI=1S/C10H7F3O3S/c11-10(12,13)7-2-1-3-8-9(7)6(4-14)5-17(8,15)16/h1-3,5,14H,4H2. The average molecular weight is 264 g/mol. The zero-order valence-corrected chi connectivity index (χ0v) is 9.14. The monoisotopic (exact) mass is 264 g/mol. The second-order valence-corrected chi connectivity index (χ2v) is 5.29. The first-order chi connectivity index (χ1) is 7.77. The van der Waals surface area contributed by atoms with Gasteiger partial charge in [-0.3, -0.25) is 0 Å². The minimum atomic E-state index is -4.65. The lowest BCUT2D eigenvalue weighted by Gasteiger charge is -2.12. The van der Waals surface area contributed by atoms with E-state index in [0.29, 0.717) is 5.41 Å². The van der Waals surface area contributed by atoms with E-state index in [2.05, 4.69) is 0 Å². The second kappa shape index (κ2) is 3.58. The first-order valence-corrected chi connectivity index (χ1v) is 6.09. The maximum Gasteiger partial charge on any atom is 0.417 e. The molecule has 7 heteroatoms. The van der Waals surface area contributed by atoms with Crippen LogP contribution in [0.25, 0.3) is 5.57 Å². The van der Waals surface area contributed by atoms with Crippen LogP contribution < -0.4 is 0 Å². The fraction of sp³-hybridized carbons (Fsp3) is 0.200. The molecule has 0 fully saturated rings. The molecule has 0 aliphatic carbocycles. The van der Waals surface area contributed by atoms with Gasteiger partial charge in [-0.1, -0.05) is 6.07 Å². The zero-order chi connectivity index (χ0) is 12.8. The molecule has 0 spiro atoms. The molecule has 1 aromatic rings. The number of hydrogen-bond donors (Lipinski definition) is 1. The first kappa shape index (κ1) is 12.1. The summed E-state index contributed by atoms with van der Waals surface area (Å²) >= 11 is 0. The van der Waals surface area contributed by atoms with Crippen LogP contribution in [0.2, 0.25) is 0 Å². The van der Waals surface area contributed by atoms with Gasteiger partial charge in [-0.25, -0.2) is 8.42 Å². The van der Waals surface area contributed by atoms with Crippen LogP contribution in [0.5, 0.6) is 0 Å². The molecule has 3 nitrogen and oxygen atoms in total. The number of hydrogen-bond acceptors (Lipinski definition) is 3. The highest BCUT2D eigenvalue weighted by atomic mass is 32.2. The number of benzene rings is 1. The molecule has 0 unspecified atom stereocenters. The predicted molar refractivity (Wildman–Crippen MR) is 53.7 cm³/mol. The zero-order valence-electron chi connectivity index (χ0n) is 8.32. The van der Waals surface area contributed by atoms with Gasteiger partial charge in [-0.15, -0.1) is 0 Å². The summed E-state index contributed by atoms with van der Waals surface area (Å²) in [5.74, 6) is 0. The van der Waals surface area contributed by atoms with Gasteiger partial charge in [0.1, 0.15) is 0 Å². The number of aliphatic hydroxyl groups excluding tert-OH is 1. The molecule has 1 aliphatic heterocycles. The largest absolute Gasteiger partial charge is 0.417 e. The summed E-state index contributed by atoms with van der Waals surface area (Å²) in [6, 6.07) is 2.93. The van der Waals surface area contributed by atoms with Gasteiger partial charge in [0.25, 0.3) is 0 Å². The minimum absolute atomic E-state index is 0.229. The van der Waals surface area contributed by atoms with Crippen LogP contribution >= 0.6 is 0 Å². The van der Waals surface area contributed by atoms with E-state index in [1.165, 1.54) is 0 Å². The van der Waals surface area contributed by atoms with Crippen LogP contribution in [-0.2, 0) is 16.0 Å². The average Bonchev–Trinajstić information content (AvgIpc) is 2.49. The lowest BCUT2D eigenvalue weighted by atomic mass is 10.0. The van der Waals surface area contributed by atoms with Crippen molar-refractivity contribution in [1.29, 1.82) is 0 Å². The molecular weight excluding hydrogens is 257 g/mol. The Morgan fingerprint density at radius 2 is 1.88 bits per heavy atom. The van der Waals surface area contributed by atoms with Crippen molar-refractivity contribution in [3.05, 3.63) is 34.7 Å². The molecule has 1 aromatic carbocycles. The maximum atomic E-state index is 12.7. The van der Waals surface area contributed by atoms with Crippen LogP contribution in [0.3, 0.4) is 0 Å². The summed E-state index contributed by atoms with van der Waals surface area (Å²) in [5, 5.41) is 9.61. The van der Waals surface area contributed by atoms with Crippen molar-refractivity contribution in [2.45, 2.75) is 11.1 Å². The van der Waals surface area contributed by atoms with E-state index < -0.39 is 38.6 Å². The summed E-state index contributed by atoms with van der Waals surface area (Å²) in [6.07, 6.45) is -4.65. The third-order valence-electron chi connectivity index (χ3n) is 2.43. The maximum absolute atomic E-state index is 12.7. The molecule has 1 aliphatic rings. The van der Waals surface area contributed by atoms with Gasteiger partial charge in [0, 0.05) is 11.0 Å². The molecule has 0 amide bonds. The molecule has 0 bridgehead atoms. The lowest BCUT2D eigenvalue weighted by Crippen LogP contribution is -2.10. The van der Waals surface area contributed by atoms with Crippen molar-refractivity contribution < 1.29 is 26.7 Å². The van der Waals surface area contributed by atoms with Crippen LogP contribution in [0, 0.1) is 0 Å². The Labute approximate surface area is 95.1 Å². The molecule has 0 saturated heterocycles. The summed E-state index contributed by atoms with van der Waals surface area (Å²) in [4.78, 5) is -0.406. The van der Waals surface area contributed by atoms with Gasteiger partial charge in [-0.2, -0.15) is 13.2 Å². The molecule has 2 rings (SSSR count). The number of halogens is 3. The second-order valence-electron chi connectivity index (χ2n) is 3.52. The van der Waals surface area contributed by atoms with Gasteiger partial charge in [0.15, 0.2) is 0 Å². The van der Waals surface area contributed by atoms with Crippen molar-refractivity contribution in [3.8, 4) is 0 Å². The SMILES string of the molecule is O=S1(=O)C=C(CO)c2c(C(F)(F)F)cccc21. The topological polar surface area (TPSA) is 54.4 Å². The third-order valence-corrected chi connectivity index (χ3v) is 3.98. The third kappa shape index (κ3) is 1.85. The van der Waals surface area contributed by atoms with E-state index in [-0.39, 0.29) is 5.57 Å². The van der Waals surface area contributed by atoms with E-state index >= 15 is 0 Å². The number of alkyl halides is 3. The van der Waals surface area contributed by atoms with Crippen molar-refractivity contribution in [1.82, 2.24) is 0 Å². The van der Waals surface area contributed by atoms with Gasteiger partial charge < -0.3 is 5.11 Å². The van der Waals surface area contributed by atoms with Crippen molar-refractivity contribution in [3.63, 3.8) is 0 Å². The number of sulfone groups is 1. The Kier molecular flexibility index (Phi) is 2.55. The van der Waals surface area contributed by atoms with E-state index in [0.717, 1.165) is 18.2 Å². The van der Waals surface area contributed by atoms with Crippen LogP contribution in [0.4, 0.5) is 13.2 Å². The van der Waals surface area contributed by atoms with Gasteiger partial charge in [-0.05, 0) is 17.7 Å². The smallest absolute Gasteiger partial charge is 0.392 e. The highest BCUT2D eigenvalue weighted by Crippen LogP contribution is 2.42. The molecule has 0 aromatic heterocycles. The number of rotatable bonds is 1. The normalized spacial score (nSPS) is 17.8. The van der Waals surface area contributed by atoms with E-state index in [1.807, 2.05) is 0 Å². The first-order valence-electron chi connectivity index (χ1n) is 4.54. The van der Waals surface area contributed by atoms with E-state index in [9.17, 15) is 21.6 Å².